The first-order chi connectivity index (χ1) is 29.7. The second-order valence-corrected chi connectivity index (χ2v) is 15.3. The summed E-state index contributed by atoms with van der Waals surface area (Å²) in [6, 6.07) is 84.9. The molecule has 0 atom stereocenters. The minimum Gasteiger partial charge on any atom is -0.456 e. The van der Waals surface area contributed by atoms with Crippen LogP contribution in [0.1, 0.15) is 0 Å². The van der Waals surface area contributed by atoms with Crippen molar-refractivity contribution in [2.75, 3.05) is 4.90 Å². The maximum absolute atomic E-state index is 6.21. The number of hydrogen-bond acceptors (Lipinski definition) is 2. The monoisotopic (exact) mass is 765 g/mol. The molecule has 0 fully saturated rings. The molecule has 11 aromatic rings. The highest BCUT2D eigenvalue weighted by molar-refractivity contribution is 6.07. The number of hydrogen-bond donors (Lipinski definition) is 0. The summed E-state index contributed by atoms with van der Waals surface area (Å²) in [5, 5.41) is 4.75. The molecule has 282 valence electrons. The van der Waals surface area contributed by atoms with E-state index in [1.807, 2.05) is 12.1 Å². The third-order valence-electron chi connectivity index (χ3n) is 11.7. The zero-order valence-corrected chi connectivity index (χ0v) is 32.9. The van der Waals surface area contributed by atoms with Gasteiger partial charge in [-0.1, -0.05) is 176 Å². The van der Waals surface area contributed by atoms with Crippen molar-refractivity contribution in [3.8, 4) is 55.6 Å². The van der Waals surface area contributed by atoms with Crippen LogP contribution < -0.4 is 4.90 Å². The topological polar surface area (TPSA) is 16.4 Å². The Morgan fingerprint density at radius 2 is 0.733 bits per heavy atom. The summed E-state index contributed by atoms with van der Waals surface area (Å²) in [6.07, 6.45) is 0. The van der Waals surface area contributed by atoms with Crippen LogP contribution in [0.4, 0.5) is 17.1 Å². The van der Waals surface area contributed by atoms with Gasteiger partial charge in [0.1, 0.15) is 11.2 Å². The second kappa shape index (κ2) is 15.1. The Bertz CT molecular complexity index is 3270. The highest BCUT2D eigenvalue weighted by Gasteiger charge is 2.17. The van der Waals surface area contributed by atoms with Crippen LogP contribution in [0.15, 0.2) is 241 Å². The molecule has 60 heavy (non-hydrogen) atoms. The van der Waals surface area contributed by atoms with Crippen LogP contribution >= 0.6 is 0 Å². The molecule has 11 rings (SSSR count). The van der Waals surface area contributed by atoms with E-state index in [4.69, 9.17) is 4.42 Å². The Hall–Kier alpha value is -7.94. The van der Waals surface area contributed by atoms with E-state index in [0.29, 0.717) is 0 Å². The molecule has 0 N–H and O–H groups in total. The molecule has 0 unspecified atom stereocenters. The zero-order valence-electron chi connectivity index (χ0n) is 32.9. The van der Waals surface area contributed by atoms with Gasteiger partial charge in [-0.15, -0.1) is 0 Å². The van der Waals surface area contributed by atoms with Crippen LogP contribution in [0.3, 0.4) is 0 Å². The quantitative estimate of drug-likeness (QED) is 0.153. The fraction of sp³-hybridized carbons (Fsp3) is 0. The van der Waals surface area contributed by atoms with Gasteiger partial charge in [0, 0.05) is 27.8 Å². The molecule has 0 aliphatic rings. The summed E-state index contributed by atoms with van der Waals surface area (Å²) in [5.41, 5.74) is 16.9. The number of benzene rings is 10. The van der Waals surface area contributed by atoms with E-state index in [2.05, 4.69) is 229 Å². The molecule has 0 bridgehead atoms. The van der Waals surface area contributed by atoms with Gasteiger partial charge in [0.25, 0.3) is 0 Å². The SMILES string of the molecule is c1ccc(-c2ccc(N(c3ccc(-c4ccc(-c5ccccc5)c(-c5ccc6oc7ccccc7c6c5)c4)cc3)c3ccc(-c4cccc5ccccc45)cc3)cc2)cc1. The number of anilines is 3. The molecule has 10 aromatic carbocycles. The standard InChI is InChI=1S/C58H39NO/c1-3-12-40(13-4-1)41-22-30-48(31-23-41)59(50-34-26-45(27-35-50)52-20-11-17-44-16-7-8-18-51(44)52)49-32-24-42(25-33-49)46-28-36-53(43-14-5-2-6-15-43)55(38-46)47-29-37-58-56(39-47)54-19-9-10-21-57(54)60-58/h1-39H. The fourth-order valence-corrected chi connectivity index (χ4v) is 8.68. The van der Waals surface area contributed by atoms with Gasteiger partial charge in [-0.3, -0.25) is 0 Å². The largest absolute Gasteiger partial charge is 0.456 e. The molecule has 2 nitrogen and oxygen atoms in total. The van der Waals surface area contributed by atoms with Crippen LogP contribution in [0.5, 0.6) is 0 Å². The molecule has 0 saturated carbocycles. The molecule has 1 aromatic heterocycles. The summed E-state index contributed by atoms with van der Waals surface area (Å²) in [7, 11) is 0. The van der Waals surface area contributed by atoms with Crippen LogP contribution in [0.2, 0.25) is 0 Å². The molecule has 0 saturated heterocycles. The van der Waals surface area contributed by atoms with Gasteiger partial charge in [0.05, 0.1) is 0 Å². The Labute approximate surface area is 349 Å². The lowest BCUT2D eigenvalue weighted by molar-refractivity contribution is 0.669. The molecule has 2 heteroatoms. The van der Waals surface area contributed by atoms with Gasteiger partial charge in [0.15, 0.2) is 0 Å². The highest BCUT2D eigenvalue weighted by Crippen LogP contribution is 2.41. The summed E-state index contributed by atoms with van der Waals surface area (Å²) in [5.74, 6) is 0. The van der Waals surface area contributed by atoms with Crippen molar-refractivity contribution in [2.24, 2.45) is 0 Å². The number of para-hydroxylation sites is 1. The van der Waals surface area contributed by atoms with Crippen molar-refractivity contribution < 1.29 is 4.42 Å². The maximum Gasteiger partial charge on any atom is 0.135 e. The van der Waals surface area contributed by atoms with Crippen LogP contribution in [0, 0.1) is 0 Å². The third kappa shape index (κ3) is 6.51. The first-order valence-corrected chi connectivity index (χ1v) is 20.5. The lowest BCUT2D eigenvalue weighted by Gasteiger charge is -2.26. The highest BCUT2D eigenvalue weighted by atomic mass is 16.3. The van der Waals surface area contributed by atoms with Crippen LogP contribution in [-0.2, 0) is 0 Å². The van der Waals surface area contributed by atoms with E-state index in [1.165, 1.54) is 49.7 Å². The minimum absolute atomic E-state index is 0.899. The molecular weight excluding hydrogens is 727 g/mol. The molecule has 0 aliphatic carbocycles. The van der Waals surface area contributed by atoms with E-state index in [-0.39, 0.29) is 0 Å². The normalized spacial score (nSPS) is 11.3. The van der Waals surface area contributed by atoms with Gasteiger partial charge in [-0.05, 0) is 127 Å². The van der Waals surface area contributed by atoms with E-state index < -0.39 is 0 Å². The van der Waals surface area contributed by atoms with Gasteiger partial charge < -0.3 is 9.32 Å². The Kier molecular flexibility index (Phi) is 8.87. The first kappa shape index (κ1) is 35.2. The van der Waals surface area contributed by atoms with E-state index in [0.717, 1.165) is 55.7 Å². The first-order valence-electron chi connectivity index (χ1n) is 20.5. The summed E-state index contributed by atoms with van der Waals surface area (Å²) < 4.78 is 6.21. The van der Waals surface area contributed by atoms with Crippen LogP contribution in [0.25, 0.3) is 88.3 Å². The zero-order chi connectivity index (χ0) is 39.8. The van der Waals surface area contributed by atoms with Gasteiger partial charge in [0.2, 0.25) is 0 Å². The molecule has 0 spiro atoms. The van der Waals surface area contributed by atoms with Crippen molar-refractivity contribution in [2.45, 2.75) is 0 Å². The fourth-order valence-electron chi connectivity index (χ4n) is 8.68. The molecule has 0 amide bonds. The lowest BCUT2D eigenvalue weighted by Crippen LogP contribution is -2.09. The van der Waals surface area contributed by atoms with E-state index in [9.17, 15) is 0 Å². The van der Waals surface area contributed by atoms with E-state index in [1.54, 1.807) is 0 Å². The summed E-state index contributed by atoms with van der Waals surface area (Å²) in [6.45, 7) is 0. The maximum atomic E-state index is 6.21. The Morgan fingerprint density at radius 3 is 1.43 bits per heavy atom. The van der Waals surface area contributed by atoms with Crippen molar-refractivity contribution >= 4 is 49.8 Å². The predicted octanol–water partition coefficient (Wildman–Crippen LogP) is 16.5. The van der Waals surface area contributed by atoms with Gasteiger partial charge in [-0.25, -0.2) is 0 Å². The number of fused-ring (bicyclic) bond motifs is 4. The molecular formula is C58H39NO. The number of rotatable bonds is 8. The van der Waals surface area contributed by atoms with Crippen molar-refractivity contribution in [1.29, 1.82) is 0 Å². The van der Waals surface area contributed by atoms with E-state index >= 15 is 0 Å². The Morgan fingerprint density at radius 1 is 0.250 bits per heavy atom. The number of nitrogens with zero attached hydrogens (tertiary/aromatic N) is 1. The van der Waals surface area contributed by atoms with Crippen LogP contribution in [-0.4, -0.2) is 0 Å². The molecule has 0 radical (unpaired) electrons. The van der Waals surface area contributed by atoms with Crippen molar-refractivity contribution in [3.63, 3.8) is 0 Å². The second-order valence-electron chi connectivity index (χ2n) is 15.3. The lowest BCUT2D eigenvalue weighted by atomic mass is 9.90. The van der Waals surface area contributed by atoms with Crippen molar-refractivity contribution in [1.82, 2.24) is 0 Å². The summed E-state index contributed by atoms with van der Waals surface area (Å²) in [4.78, 5) is 2.35. The molecule has 1 heterocycles. The average Bonchev–Trinajstić information content (AvgIpc) is 3.71. The molecule has 0 aliphatic heterocycles. The average molecular weight is 766 g/mol. The Balaban J connectivity index is 0.987. The predicted molar refractivity (Wildman–Crippen MR) is 253 cm³/mol. The van der Waals surface area contributed by atoms with Gasteiger partial charge >= 0.3 is 0 Å². The minimum atomic E-state index is 0.899. The number of furan rings is 1. The smallest absolute Gasteiger partial charge is 0.135 e. The summed E-state index contributed by atoms with van der Waals surface area (Å²) >= 11 is 0. The van der Waals surface area contributed by atoms with Gasteiger partial charge in [-0.2, -0.15) is 0 Å². The van der Waals surface area contributed by atoms with Crippen molar-refractivity contribution in [3.05, 3.63) is 237 Å². The third-order valence-corrected chi connectivity index (χ3v) is 11.7.